The van der Waals surface area contributed by atoms with Crippen LogP contribution in [0.25, 0.3) is 0 Å². The van der Waals surface area contributed by atoms with Gasteiger partial charge < -0.3 is 10.6 Å². The molecular formula is C24H26N4O3S. The van der Waals surface area contributed by atoms with Gasteiger partial charge in [-0.3, -0.25) is 9.78 Å². The molecule has 4 rings (SSSR count). The average Bonchev–Trinajstić information content (AvgIpc) is 3.25. The third-order valence-corrected chi connectivity index (χ3v) is 6.92. The van der Waals surface area contributed by atoms with Gasteiger partial charge in [-0.05, 0) is 86.8 Å². The number of amides is 1. The summed E-state index contributed by atoms with van der Waals surface area (Å²) in [5, 5.41) is 6.08. The van der Waals surface area contributed by atoms with Crippen molar-refractivity contribution in [2.75, 3.05) is 17.7 Å². The number of anilines is 2. The fraction of sp³-hybridized carbons (Fsp3) is 0.250. The number of sulfonamides is 1. The molecule has 1 aliphatic carbocycles. The fourth-order valence-corrected chi connectivity index (χ4v) is 4.65. The highest BCUT2D eigenvalue weighted by Gasteiger charge is 2.18. The van der Waals surface area contributed by atoms with Gasteiger partial charge in [-0.1, -0.05) is 12.1 Å². The normalized spacial score (nSPS) is 12.9. The second-order valence-electron chi connectivity index (χ2n) is 7.87. The Hall–Kier alpha value is -3.23. The fourth-order valence-electron chi connectivity index (χ4n) is 3.85. The van der Waals surface area contributed by atoms with Crippen LogP contribution in [0.15, 0.2) is 59.5 Å². The van der Waals surface area contributed by atoms with Gasteiger partial charge in [0, 0.05) is 22.6 Å². The molecule has 0 saturated heterocycles. The van der Waals surface area contributed by atoms with Crippen molar-refractivity contribution in [3.8, 4) is 0 Å². The molecule has 0 saturated carbocycles. The van der Waals surface area contributed by atoms with Crippen LogP contribution in [-0.2, 0) is 29.4 Å². The lowest BCUT2D eigenvalue weighted by atomic mass is 10.1. The highest BCUT2D eigenvalue weighted by atomic mass is 32.2. The van der Waals surface area contributed by atoms with E-state index in [-0.39, 0.29) is 16.4 Å². The van der Waals surface area contributed by atoms with E-state index in [1.54, 1.807) is 6.07 Å². The van der Waals surface area contributed by atoms with Crippen LogP contribution >= 0.6 is 0 Å². The number of benzene rings is 2. The van der Waals surface area contributed by atoms with Crippen LogP contribution in [-0.4, -0.2) is 26.4 Å². The van der Waals surface area contributed by atoms with Crippen LogP contribution in [0.2, 0.25) is 0 Å². The van der Waals surface area contributed by atoms with Gasteiger partial charge in [-0.25, -0.2) is 13.1 Å². The molecule has 1 heterocycles. The predicted octanol–water partition coefficient (Wildman–Crippen LogP) is 3.65. The highest BCUT2D eigenvalue weighted by molar-refractivity contribution is 7.89. The Morgan fingerprint density at radius 1 is 1.00 bits per heavy atom. The standard InChI is InChI=1S/C24H26N4O3S/c1-16-5-3-8-21(27-16)15-26-22-12-19(13-23(14-22)32(30,31)25-2)24(29)28-20-10-9-17-6-4-7-18(17)11-20/h3,5,8-14,25-26H,4,6-7,15H2,1-2H3,(H,28,29). The minimum atomic E-state index is -3.73. The Balaban J connectivity index is 1.60. The number of aryl methyl sites for hydroxylation is 3. The van der Waals surface area contributed by atoms with Crippen molar-refractivity contribution in [2.24, 2.45) is 0 Å². The van der Waals surface area contributed by atoms with Crippen molar-refractivity contribution in [1.29, 1.82) is 0 Å². The summed E-state index contributed by atoms with van der Waals surface area (Å²) >= 11 is 0. The van der Waals surface area contributed by atoms with Crippen LogP contribution < -0.4 is 15.4 Å². The molecule has 0 fully saturated rings. The van der Waals surface area contributed by atoms with Crippen LogP contribution in [0.3, 0.4) is 0 Å². The zero-order valence-electron chi connectivity index (χ0n) is 18.1. The third-order valence-electron chi connectivity index (χ3n) is 5.52. The molecule has 3 aromatic rings. The number of fused-ring (bicyclic) bond motifs is 1. The molecule has 1 aromatic heterocycles. The Morgan fingerprint density at radius 2 is 1.81 bits per heavy atom. The molecule has 3 N–H and O–H groups in total. The van der Waals surface area contributed by atoms with Crippen molar-refractivity contribution in [2.45, 2.75) is 37.6 Å². The summed E-state index contributed by atoms with van der Waals surface area (Å²) in [4.78, 5) is 17.4. The summed E-state index contributed by atoms with van der Waals surface area (Å²) in [6.45, 7) is 2.31. The molecule has 1 aliphatic rings. The molecule has 2 aromatic carbocycles. The number of hydrogen-bond acceptors (Lipinski definition) is 5. The van der Waals surface area contributed by atoms with Crippen LogP contribution in [0.4, 0.5) is 11.4 Å². The van der Waals surface area contributed by atoms with Gasteiger partial charge in [0.25, 0.3) is 5.91 Å². The maximum absolute atomic E-state index is 13.0. The lowest BCUT2D eigenvalue weighted by Crippen LogP contribution is -2.20. The first kappa shape index (κ1) is 22.0. The van der Waals surface area contributed by atoms with E-state index in [0.717, 1.165) is 30.7 Å². The second kappa shape index (κ2) is 9.10. The topological polar surface area (TPSA) is 100 Å². The maximum atomic E-state index is 13.0. The van der Waals surface area contributed by atoms with Gasteiger partial charge in [0.15, 0.2) is 0 Å². The zero-order valence-corrected chi connectivity index (χ0v) is 18.9. The Morgan fingerprint density at radius 3 is 2.59 bits per heavy atom. The average molecular weight is 451 g/mol. The molecule has 0 aliphatic heterocycles. The number of hydrogen-bond donors (Lipinski definition) is 3. The van der Waals surface area contributed by atoms with Crippen molar-refractivity contribution in [1.82, 2.24) is 9.71 Å². The third kappa shape index (κ3) is 4.98. The molecule has 0 radical (unpaired) electrons. The summed E-state index contributed by atoms with van der Waals surface area (Å²) in [6.07, 6.45) is 3.20. The van der Waals surface area contributed by atoms with E-state index in [4.69, 9.17) is 0 Å². The number of rotatable bonds is 7. The summed E-state index contributed by atoms with van der Waals surface area (Å²) in [6, 6.07) is 16.2. The van der Waals surface area contributed by atoms with E-state index in [1.807, 2.05) is 43.3 Å². The van der Waals surface area contributed by atoms with E-state index in [9.17, 15) is 13.2 Å². The lowest BCUT2D eigenvalue weighted by molar-refractivity contribution is 0.102. The van der Waals surface area contributed by atoms with E-state index in [2.05, 4.69) is 20.3 Å². The molecule has 0 unspecified atom stereocenters. The van der Waals surface area contributed by atoms with E-state index in [1.165, 1.54) is 30.3 Å². The first-order chi connectivity index (χ1) is 15.3. The number of carbonyl (C=O) groups excluding carboxylic acids is 1. The first-order valence-electron chi connectivity index (χ1n) is 10.5. The van der Waals surface area contributed by atoms with Crippen molar-refractivity contribution in [3.63, 3.8) is 0 Å². The molecule has 0 spiro atoms. The molecule has 7 nitrogen and oxygen atoms in total. The zero-order chi connectivity index (χ0) is 22.7. The molecule has 32 heavy (non-hydrogen) atoms. The number of nitrogens with zero attached hydrogens (tertiary/aromatic N) is 1. The molecule has 1 amide bonds. The van der Waals surface area contributed by atoms with Gasteiger partial charge >= 0.3 is 0 Å². The smallest absolute Gasteiger partial charge is 0.255 e. The van der Waals surface area contributed by atoms with Gasteiger partial charge in [0.2, 0.25) is 10.0 Å². The maximum Gasteiger partial charge on any atom is 0.255 e. The van der Waals surface area contributed by atoms with E-state index in [0.29, 0.717) is 17.9 Å². The SMILES string of the molecule is CNS(=O)(=O)c1cc(NCc2cccc(C)n2)cc(C(=O)Nc2ccc3c(c2)CCC3)c1. The van der Waals surface area contributed by atoms with Crippen molar-refractivity contribution < 1.29 is 13.2 Å². The van der Waals surface area contributed by atoms with Crippen LogP contribution in [0.5, 0.6) is 0 Å². The minimum absolute atomic E-state index is 0.0151. The van der Waals surface area contributed by atoms with Gasteiger partial charge in [-0.2, -0.15) is 0 Å². The van der Waals surface area contributed by atoms with Crippen molar-refractivity contribution in [3.05, 3.63) is 82.7 Å². The lowest BCUT2D eigenvalue weighted by Gasteiger charge is -2.13. The minimum Gasteiger partial charge on any atom is -0.379 e. The summed E-state index contributed by atoms with van der Waals surface area (Å²) in [5.74, 6) is -0.368. The molecular weight excluding hydrogens is 424 g/mol. The second-order valence-corrected chi connectivity index (χ2v) is 9.76. The molecule has 0 bridgehead atoms. The predicted molar refractivity (Wildman–Crippen MR) is 125 cm³/mol. The first-order valence-corrected chi connectivity index (χ1v) is 12.0. The largest absolute Gasteiger partial charge is 0.379 e. The van der Waals surface area contributed by atoms with Crippen LogP contribution in [0, 0.1) is 6.92 Å². The number of nitrogens with one attached hydrogen (secondary N) is 3. The summed E-state index contributed by atoms with van der Waals surface area (Å²) in [5.41, 5.74) is 5.76. The number of pyridine rings is 1. The van der Waals surface area contributed by atoms with E-state index < -0.39 is 10.0 Å². The van der Waals surface area contributed by atoms with Crippen molar-refractivity contribution >= 4 is 27.3 Å². The Labute approximate surface area is 188 Å². The van der Waals surface area contributed by atoms with Gasteiger partial charge in [-0.15, -0.1) is 0 Å². The van der Waals surface area contributed by atoms with Gasteiger partial charge in [0.1, 0.15) is 0 Å². The Kier molecular flexibility index (Phi) is 6.25. The van der Waals surface area contributed by atoms with Gasteiger partial charge in [0.05, 0.1) is 17.1 Å². The highest BCUT2D eigenvalue weighted by Crippen LogP contribution is 2.26. The Bertz CT molecular complexity index is 1270. The molecule has 8 heteroatoms. The summed E-state index contributed by atoms with van der Waals surface area (Å²) < 4.78 is 27.2. The van der Waals surface area contributed by atoms with E-state index >= 15 is 0 Å². The number of aromatic nitrogens is 1. The number of carbonyl (C=O) groups is 1. The quantitative estimate of drug-likeness (QED) is 0.510. The molecule has 0 atom stereocenters. The monoisotopic (exact) mass is 450 g/mol. The molecule has 166 valence electrons. The van der Waals surface area contributed by atoms with Crippen LogP contribution in [0.1, 0.15) is 39.3 Å². The summed E-state index contributed by atoms with van der Waals surface area (Å²) in [7, 11) is -2.39.